The number of benzene rings is 9. The first kappa shape index (κ1) is 34.6. The van der Waals surface area contributed by atoms with Gasteiger partial charge in [-0.15, -0.1) is 11.3 Å². The van der Waals surface area contributed by atoms with Gasteiger partial charge in [-0.25, -0.2) is 9.97 Å². The van der Waals surface area contributed by atoms with Crippen molar-refractivity contribution >= 4 is 42.3 Å². The van der Waals surface area contributed by atoms with Crippen molar-refractivity contribution in [3.8, 4) is 56.2 Å². The monoisotopic (exact) mass is 780 g/mol. The van der Waals surface area contributed by atoms with Gasteiger partial charge in [-0.1, -0.05) is 176 Å². The summed E-state index contributed by atoms with van der Waals surface area (Å²) in [6, 6.07) is 79.3. The molecule has 60 heavy (non-hydrogen) atoms. The third-order valence-corrected chi connectivity index (χ3v) is 13.5. The van der Waals surface area contributed by atoms with Crippen LogP contribution in [0.15, 0.2) is 218 Å². The van der Waals surface area contributed by atoms with E-state index in [2.05, 4.69) is 218 Å². The molecule has 2 heterocycles. The first-order valence-corrected chi connectivity index (χ1v) is 21.3. The van der Waals surface area contributed by atoms with Gasteiger partial charge in [0, 0.05) is 36.9 Å². The maximum Gasteiger partial charge on any atom is 0.160 e. The molecule has 3 heteroatoms. The molecule has 280 valence electrons. The molecule has 0 atom stereocenters. The number of fused-ring (bicyclic) bond motifs is 7. The molecule has 0 aliphatic heterocycles. The molecule has 0 saturated heterocycles. The van der Waals surface area contributed by atoms with E-state index in [-0.39, 0.29) is 0 Å². The molecule has 2 nitrogen and oxygen atoms in total. The van der Waals surface area contributed by atoms with Gasteiger partial charge in [0.05, 0.1) is 16.8 Å². The minimum atomic E-state index is -0.509. The van der Waals surface area contributed by atoms with Gasteiger partial charge in [0.1, 0.15) is 0 Å². The standard InChI is InChI=1S/C57H36N2S/c1-3-18-44(19-4-1)57(45-20-5-2-6-21-45)50-24-11-9-22-46(50)47-30-28-42(35-51(47)57)53-36-52(58-56(59-53)43-27-26-37-14-7-8-15-38(37)33-43)41-17-13-16-39(32-41)40-29-31-55-49(34-40)48-23-10-12-25-54(48)60-55/h1-36H. The van der Waals surface area contributed by atoms with Crippen molar-refractivity contribution in [2.75, 3.05) is 0 Å². The number of nitrogens with zero attached hydrogens (tertiary/aromatic N) is 2. The number of hydrogen-bond donors (Lipinski definition) is 0. The molecule has 0 spiro atoms. The highest BCUT2D eigenvalue weighted by molar-refractivity contribution is 7.25. The third-order valence-electron chi connectivity index (χ3n) is 12.4. The second kappa shape index (κ2) is 13.8. The predicted octanol–water partition coefficient (Wildman–Crippen LogP) is 15.0. The summed E-state index contributed by atoms with van der Waals surface area (Å²) >= 11 is 1.85. The van der Waals surface area contributed by atoms with E-state index in [1.807, 2.05) is 11.3 Å². The van der Waals surface area contributed by atoms with Crippen LogP contribution in [0.25, 0.3) is 87.1 Å². The normalized spacial score (nSPS) is 12.8. The van der Waals surface area contributed by atoms with Crippen LogP contribution in [0.4, 0.5) is 0 Å². The maximum atomic E-state index is 5.40. The molecule has 9 aromatic carbocycles. The summed E-state index contributed by atoms with van der Waals surface area (Å²) < 4.78 is 2.62. The van der Waals surface area contributed by atoms with Crippen LogP contribution in [-0.2, 0) is 5.41 Å². The number of thiophene rings is 1. The van der Waals surface area contributed by atoms with Crippen LogP contribution in [0.1, 0.15) is 22.3 Å². The van der Waals surface area contributed by atoms with Crippen molar-refractivity contribution in [2.45, 2.75) is 5.41 Å². The van der Waals surface area contributed by atoms with Crippen molar-refractivity contribution in [3.05, 3.63) is 241 Å². The van der Waals surface area contributed by atoms with Crippen molar-refractivity contribution in [2.24, 2.45) is 0 Å². The Morgan fingerprint density at radius 1 is 0.333 bits per heavy atom. The number of rotatable bonds is 6. The van der Waals surface area contributed by atoms with Crippen LogP contribution in [0.2, 0.25) is 0 Å². The average molecular weight is 781 g/mol. The zero-order valence-corrected chi connectivity index (χ0v) is 33.4. The Morgan fingerprint density at radius 2 is 0.933 bits per heavy atom. The lowest BCUT2D eigenvalue weighted by Crippen LogP contribution is -2.28. The second-order valence-electron chi connectivity index (χ2n) is 15.7. The van der Waals surface area contributed by atoms with E-state index in [4.69, 9.17) is 9.97 Å². The van der Waals surface area contributed by atoms with E-state index in [0.717, 1.165) is 39.0 Å². The highest BCUT2D eigenvalue weighted by Crippen LogP contribution is 2.56. The van der Waals surface area contributed by atoms with Crippen LogP contribution in [0, 0.1) is 0 Å². The van der Waals surface area contributed by atoms with E-state index in [1.165, 1.54) is 64.5 Å². The Morgan fingerprint density at radius 3 is 1.75 bits per heavy atom. The Bertz CT molecular complexity index is 3400. The zero-order chi connectivity index (χ0) is 39.6. The molecule has 2 aromatic heterocycles. The molecular weight excluding hydrogens is 745 g/mol. The largest absolute Gasteiger partial charge is 0.228 e. The molecule has 0 bridgehead atoms. The van der Waals surface area contributed by atoms with Gasteiger partial charge in [-0.2, -0.15) is 0 Å². The van der Waals surface area contributed by atoms with E-state index in [1.54, 1.807) is 0 Å². The summed E-state index contributed by atoms with van der Waals surface area (Å²) in [5, 5.41) is 4.95. The molecule has 0 fully saturated rings. The Hall–Kier alpha value is -7.46. The first-order valence-electron chi connectivity index (χ1n) is 20.5. The summed E-state index contributed by atoms with van der Waals surface area (Å²) in [5.41, 5.74) is 14.2. The highest BCUT2D eigenvalue weighted by Gasteiger charge is 2.46. The van der Waals surface area contributed by atoms with Crippen LogP contribution < -0.4 is 0 Å². The van der Waals surface area contributed by atoms with Crippen molar-refractivity contribution in [3.63, 3.8) is 0 Å². The lowest BCUT2D eigenvalue weighted by Gasteiger charge is -2.34. The smallest absolute Gasteiger partial charge is 0.160 e. The summed E-state index contributed by atoms with van der Waals surface area (Å²) in [6.07, 6.45) is 0. The van der Waals surface area contributed by atoms with Gasteiger partial charge in [0.15, 0.2) is 5.82 Å². The van der Waals surface area contributed by atoms with Crippen molar-refractivity contribution in [1.82, 2.24) is 9.97 Å². The predicted molar refractivity (Wildman–Crippen MR) is 251 cm³/mol. The first-order chi connectivity index (χ1) is 29.7. The van der Waals surface area contributed by atoms with Crippen molar-refractivity contribution in [1.29, 1.82) is 0 Å². The van der Waals surface area contributed by atoms with Gasteiger partial charge in [0.2, 0.25) is 0 Å². The van der Waals surface area contributed by atoms with Gasteiger partial charge in [0.25, 0.3) is 0 Å². The Kier molecular flexibility index (Phi) is 7.97. The molecule has 0 N–H and O–H groups in total. The summed E-state index contributed by atoms with van der Waals surface area (Å²) in [6.45, 7) is 0. The molecule has 12 rings (SSSR count). The molecule has 0 unspecified atom stereocenters. The summed E-state index contributed by atoms with van der Waals surface area (Å²) in [4.78, 5) is 10.7. The fourth-order valence-electron chi connectivity index (χ4n) is 9.57. The van der Waals surface area contributed by atoms with E-state index in [0.29, 0.717) is 5.82 Å². The molecule has 0 radical (unpaired) electrons. The zero-order valence-electron chi connectivity index (χ0n) is 32.6. The lowest BCUT2D eigenvalue weighted by molar-refractivity contribution is 0.768. The third kappa shape index (κ3) is 5.47. The van der Waals surface area contributed by atoms with Gasteiger partial charge in [-0.3, -0.25) is 0 Å². The van der Waals surface area contributed by atoms with E-state index >= 15 is 0 Å². The maximum absolute atomic E-state index is 5.40. The molecular formula is C57H36N2S. The van der Waals surface area contributed by atoms with Crippen LogP contribution >= 0.6 is 11.3 Å². The van der Waals surface area contributed by atoms with E-state index < -0.39 is 5.41 Å². The molecule has 1 aliphatic rings. The van der Waals surface area contributed by atoms with Crippen molar-refractivity contribution < 1.29 is 0 Å². The van der Waals surface area contributed by atoms with Crippen LogP contribution in [0.3, 0.4) is 0 Å². The minimum Gasteiger partial charge on any atom is -0.228 e. The SMILES string of the molecule is c1ccc(C2(c3ccccc3)c3ccccc3-c3ccc(-c4cc(-c5cccc(-c6ccc7sc8ccccc8c7c6)c5)nc(-c5ccc6ccccc6c5)n4)cc32)cc1. The molecule has 1 aliphatic carbocycles. The Labute approximate surface area is 352 Å². The second-order valence-corrected chi connectivity index (χ2v) is 16.8. The van der Waals surface area contributed by atoms with Crippen LogP contribution in [-0.4, -0.2) is 9.97 Å². The molecule has 11 aromatic rings. The highest BCUT2D eigenvalue weighted by atomic mass is 32.1. The molecule has 0 saturated carbocycles. The fourth-order valence-corrected chi connectivity index (χ4v) is 10.7. The molecule has 0 amide bonds. The van der Waals surface area contributed by atoms with E-state index in [9.17, 15) is 0 Å². The summed E-state index contributed by atoms with van der Waals surface area (Å²) in [5.74, 6) is 0.700. The van der Waals surface area contributed by atoms with Gasteiger partial charge in [-0.05, 0) is 97.7 Å². The fraction of sp³-hybridized carbons (Fsp3) is 0.0175. The quantitative estimate of drug-likeness (QED) is 0.168. The Balaban J connectivity index is 1.06. The van der Waals surface area contributed by atoms with Crippen LogP contribution in [0.5, 0.6) is 0 Å². The minimum absolute atomic E-state index is 0.509. The number of aromatic nitrogens is 2. The van der Waals surface area contributed by atoms with Gasteiger partial charge >= 0.3 is 0 Å². The summed E-state index contributed by atoms with van der Waals surface area (Å²) in [7, 11) is 0. The number of hydrogen-bond acceptors (Lipinski definition) is 3. The average Bonchev–Trinajstić information content (AvgIpc) is 3.85. The topological polar surface area (TPSA) is 25.8 Å². The lowest BCUT2D eigenvalue weighted by atomic mass is 9.67. The van der Waals surface area contributed by atoms with Gasteiger partial charge < -0.3 is 0 Å².